The average Bonchev–Trinajstić information content (AvgIpc) is 2.02. The van der Waals surface area contributed by atoms with E-state index in [-0.39, 0.29) is 0 Å². The second-order valence-corrected chi connectivity index (χ2v) is 3.26. The van der Waals surface area contributed by atoms with Crippen LogP contribution in [0.25, 0.3) is 0 Å². The number of hydrogen-bond acceptors (Lipinski definition) is 2. The predicted molar refractivity (Wildman–Crippen MR) is 53.6 cm³/mol. The van der Waals surface area contributed by atoms with Gasteiger partial charge in [-0.1, -0.05) is 6.92 Å². The van der Waals surface area contributed by atoms with Crippen molar-refractivity contribution in [1.29, 1.82) is 0 Å². The van der Waals surface area contributed by atoms with Crippen molar-refractivity contribution in [2.45, 2.75) is 19.8 Å². The smallest absolute Gasteiger partial charge is 0.312 e. The number of urea groups is 2. The van der Waals surface area contributed by atoms with Crippen molar-refractivity contribution in [3.8, 4) is 0 Å². The zero-order valence-electron chi connectivity index (χ0n) is 8.38. The number of amides is 4. The number of nitrogens with one attached hydrogen (secondary N) is 2. The first-order chi connectivity index (χ1) is 6.52. The molecule has 0 rings (SSSR count). The molecule has 0 atom stereocenters. The van der Waals surface area contributed by atoms with Crippen LogP contribution in [0.15, 0.2) is 0 Å². The van der Waals surface area contributed by atoms with E-state index in [0.29, 0.717) is 19.0 Å². The van der Waals surface area contributed by atoms with Gasteiger partial charge in [0.15, 0.2) is 0 Å². The fraction of sp³-hybridized carbons (Fsp3) is 0.750. The number of rotatable bonds is 6. The van der Waals surface area contributed by atoms with E-state index < -0.39 is 12.1 Å². The Hall–Kier alpha value is -1.46. The minimum Gasteiger partial charge on any atom is -0.352 e. The lowest BCUT2D eigenvalue weighted by Gasteiger charge is -2.10. The SMILES string of the molecule is CC(CCNC(N)=O)CCNC(N)=O. The highest BCUT2D eigenvalue weighted by Gasteiger charge is 2.02. The highest BCUT2D eigenvalue weighted by molar-refractivity contribution is 5.71. The third-order valence-corrected chi connectivity index (χ3v) is 1.87. The van der Waals surface area contributed by atoms with E-state index in [4.69, 9.17) is 11.5 Å². The molecule has 0 saturated heterocycles. The summed E-state index contributed by atoms with van der Waals surface area (Å²) >= 11 is 0. The van der Waals surface area contributed by atoms with Crippen molar-refractivity contribution in [3.63, 3.8) is 0 Å². The lowest BCUT2D eigenvalue weighted by atomic mass is 10.0. The molecule has 0 saturated carbocycles. The minimum absolute atomic E-state index is 0.411. The molecule has 0 aromatic carbocycles. The fourth-order valence-electron chi connectivity index (χ4n) is 1.03. The average molecular weight is 202 g/mol. The fourth-order valence-corrected chi connectivity index (χ4v) is 1.03. The first-order valence-electron chi connectivity index (χ1n) is 4.59. The molecule has 14 heavy (non-hydrogen) atoms. The lowest BCUT2D eigenvalue weighted by molar-refractivity contribution is 0.247. The van der Waals surface area contributed by atoms with Gasteiger partial charge in [0.2, 0.25) is 0 Å². The number of hydrogen-bond donors (Lipinski definition) is 4. The van der Waals surface area contributed by atoms with Gasteiger partial charge in [0.25, 0.3) is 0 Å². The van der Waals surface area contributed by atoms with Gasteiger partial charge in [0.1, 0.15) is 0 Å². The van der Waals surface area contributed by atoms with E-state index in [9.17, 15) is 9.59 Å². The molecule has 6 nitrogen and oxygen atoms in total. The van der Waals surface area contributed by atoms with E-state index in [0.717, 1.165) is 12.8 Å². The molecular formula is C8H18N4O2. The molecule has 0 aromatic rings. The molecule has 0 unspecified atom stereocenters. The van der Waals surface area contributed by atoms with Gasteiger partial charge in [-0.15, -0.1) is 0 Å². The van der Waals surface area contributed by atoms with Crippen LogP contribution in [0.4, 0.5) is 9.59 Å². The second-order valence-electron chi connectivity index (χ2n) is 3.26. The van der Waals surface area contributed by atoms with Crippen LogP contribution in [-0.2, 0) is 0 Å². The van der Waals surface area contributed by atoms with Gasteiger partial charge in [-0.3, -0.25) is 0 Å². The van der Waals surface area contributed by atoms with E-state index in [1.165, 1.54) is 0 Å². The number of primary amides is 2. The zero-order chi connectivity index (χ0) is 11.0. The van der Waals surface area contributed by atoms with E-state index in [1.807, 2.05) is 6.92 Å². The second kappa shape index (κ2) is 6.99. The first kappa shape index (κ1) is 12.5. The summed E-state index contributed by atoms with van der Waals surface area (Å²) in [5.41, 5.74) is 9.79. The van der Waals surface area contributed by atoms with Crippen LogP contribution in [0.2, 0.25) is 0 Å². The highest BCUT2D eigenvalue weighted by atomic mass is 16.2. The molecule has 0 heterocycles. The molecule has 82 valence electrons. The van der Waals surface area contributed by atoms with Gasteiger partial charge in [-0.05, 0) is 18.8 Å². The Kier molecular flexibility index (Phi) is 6.26. The first-order valence-corrected chi connectivity index (χ1v) is 4.59. The Morgan fingerprint density at radius 1 is 1.07 bits per heavy atom. The maximum Gasteiger partial charge on any atom is 0.312 e. The summed E-state index contributed by atoms with van der Waals surface area (Å²) in [6, 6.07) is -1.01. The maximum atomic E-state index is 10.3. The third-order valence-electron chi connectivity index (χ3n) is 1.87. The van der Waals surface area contributed by atoms with Crippen LogP contribution in [0, 0.1) is 5.92 Å². The van der Waals surface area contributed by atoms with Crippen molar-refractivity contribution in [2.24, 2.45) is 17.4 Å². The largest absolute Gasteiger partial charge is 0.352 e. The van der Waals surface area contributed by atoms with Gasteiger partial charge in [-0.25, -0.2) is 9.59 Å². The van der Waals surface area contributed by atoms with Gasteiger partial charge in [0, 0.05) is 13.1 Å². The number of nitrogens with two attached hydrogens (primary N) is 2. The molecule has 0 aromatic heterocycles. The van der Waals surface area contributed by atoms with Crippen LogP contribution < -0.4 is 22.1 Å². The van der Waals surface area contributed by atoms with Crippen molar-refractivity contribution in [2.75, 3.05) is 13.1 Å². The summed E-state index contributed by atoms with van der Waals surface area (Å²) in [7, 11) is 0. The molecule has 0 aliphatic heterocycles. The van der Waals surface area contributed by atoms with Crippen molar-refractivity contribution >= 4 is 12.1 Å². The quantitative estimate of drug-likeness (QED) is 0.476. The third kappa shape index (κ3) is 8.63. The lowest BCUT2D eigenvalue weighted by Crippen LogP contribution is -2.32. The standard InChI is InChI=1S/C8H18N4O2/c1-6(2-4-11-7(9)13)3-5-12-8(10)14/h6H,2-5H2,1H3,(H3,9,11,13)(H3,10,12,14). The monoisotopic (exact) mass is 202 g/mol. The van der Waals surface area contributed by atoms with Crippen LogP contribution in [0.1, 0.15) is 19.8 Å². The predicted octanol–water partition coefficient (Wildman–Crippen LogP) is -0.261. The topological polar surface area (TPSA) is 110 Å². The molecular weight excluding hydrogens is 184 g/mol. The van der Waals surface area contributed by atoms with Crippen LogP contribution in [0.5, 0.6) is 0 Å². The van der Waals surface area contributed by atoms with Gasteiger partial charge in [0.05, 0.1) is 0 Å². The Balaban J connectivity index is 3.32. The molecule has 0 aliphatic carbocycles. The zero-order valence-corrected chi connectivity index (χ0v) is 8.38. The van der Waals surface area contributed by atoms with Crippen LogP contribution in [-0.4, -0.2) is 25.2 Å². The molecule has 0 spiro atoms. The molecule has 6 N–H and O–H groups in total. The van der Waals surface area contributed by atoms with Crippen molar-refractivity contribution in [3.05, 3.63) is 0 Å². The van der Waals surface area contributed by atoms with Crippen LogP contribution >= 0.6 is 0 Å². The highest BCUT2D eigenvalue weighted by Crippen LogP contribution is 2.04. The minimum atomic E-state index is -0.507. The Morgan fingerprint density at radius 2 is 1.43 bits per heavy atom. The van der Waals surface area contributed by atoms with Gasteiger partial charge < -0.3 is 22.1 Å². The van der Waals surface area contributed by atoms with Gasteiger partial charge in [-0.2, -0.15) is 0 Å². The Morgan fingerprint density at radius 3 is 1.71 bits per heavy atom. The summed E-state index contributed by atoms with van der Waals surface area (Å²) in [4.78, 5) is 20.6. The molecule has 0 fully saturated rings. The summed E-state index contributed by atoms with van der Waals surface area (Å²) in [6.45, 7) is 3.16. The normalized spacial score (nSPS) is 9.86. The molecule has 4 amide bonds. The molecule has 0 radical (unpaired) electrons. The van der Waals surface area contributed by atoms with E-state index >= 15 is 0 Å². The van der Waals surface area contributed by atoms with E-state index in [1.54, 1.807) is 0 Å². The van der Waals surface area contributed by atoms with Crippen molar-refractivity contribution in [1.82, 2.24) is 10.6 Å². The summed E-state index contributed by atoms with van der Waals surface area (Å²) in [6.07, 6.45) is 1.67. The van der Waals surface area contributed by atoms with E-state index in [2.05, 4.69) is 10.6 Å². The number of carbonyl (C=O) groups excluding carboxylic acids is 2. The van der Waals surface area contributed by atoms with Gasteiger partial charge >= 0.3 is 12.1 Å². The Bertz CT molecular complexity index is 176. The maximum absolute atomic E-state index is 10.3. The van der Waals surface area contributed by atoms with Crippen molar-refractivity contribution < 1.29 is 9.59 Å². The summed E-state index contributed by atoms with van der Waals surface area (Å²) in [5.74, 6) is 0.411. The van der Waals surface area contributed by atoms with Crippen LogP contribution in [0.3, 0.4) is 0 Å². The Labute approximate surface area is 83.4 Å². The number of carbonyl (C=O) groups is 2. The molecule has 0 bridgehead atoms. The summed E-state index contributed by atoms with van der Waals surface area (Å²) < 4.78 is 0. The molecule has 6 heteroatoms. The molecule has 0 aliphatic rings. The summed E-state index contributed by atoms with van der Waals surface area (Å²) in [5, 5.41) is 5.00.